The maximum atomic E-state index is 13.4. The molecule has 1 aromatic carbocycles. The maximum Gasteiger partial charge on any atom is 0.307 e. The Morgan fingerprint density at radius 1 is 1.33 bits per heavy atom. The molecule has 0 saturated carbocycles. The minimum Gasteiger partial charge on any atom is -0.469 e. The minimum absolute atomic E-state index is 0.0970. The highest BCUT2D eigenvalue weighted by Gasteiger charge is 2.19. The van der Waals surface area contributed by atoms with E-state index in [1.807, 2.05) is 13.8 Å². The third-order valence-electron chi connectivity index (χ3n) is 2.85. The van der Waals surface area contributed by atoms with Gasteiger partial charge in [0.1, 0.15) is 5.82 Å². The highest BCUT2D eigenvalue weighted by atomic mass is 19.1. The molecule has 21 heavy (non-hydrogen) atoms. The Morgan fingerprint density at radius 2 is 2.00 bits per heavy atom. The average molecular weight is 296 g/mol. The predicted molar refractivity (Wildman–Crippen MR) is 78.2 cm³/mol. The third-order valence-corrected chi connectivity index (χ3v) is 2.85. The van der Waals surface area contributed by atoms with Crippen LogP contribution in [0.2, 0.25) is 0 Å². The molecule has 6 heteroatoms. The second kappa shape index (κ2) is 7.61. The largest absolute Gasteiger partial charge is 0.469 e. The van der Waals surface area contributed by atoms with Crippen LogP contribution >= 0.6 is 0 Å². The van der Waals surface area contributed by atoms with Crippen molar-refractivity contribution in [2.45, 2.75) is 20.3 Å². The molecule has 0 saturated heterocycles. The summed E-state index contributed by atoms with van der Waals surface area (Å²) in [7, 11) is 1.30. The van der Waals surface area contributed by atoms with Crippen molar-refractivity contribution in [3.63, 3.8) is 0 Å². The van der Waals surface area contributed by atoms with Crippen LogP contribution in [0.25, 0.3) is 0 Å². The van der Waals surface area contributed by atoms with Crippen molar-refractivity contribution in [2.75, 3.05) is 25.9 Å². The van der Waals surface area contributed by atoms with E-state index in [0.29, 0.717) is 6.54 Å². The van der Waals surface area contributed by atoms with E-state index in [1.165, 1.54) is 18.1 Å². The van der Waals surface area contributed by atoms with Gasteiger partial charge in [-0.2, -0.15) is 0 Å². The summed E-state index contributed by atoms with van der Waals surface area (Å²) < 4.78 is 17.9. The molecular weight excluding hydrogens is 275 g/mol. The first-order valence-electron chi connectivity index (χ1n) is 6.75. The number of carbonyl (C=O) groups is 2. The zero-order chi connectivity index (χ0) is 16.0. The highest BCUT2D eigenvalue weighted by molar-refractivity contribution is 5.95. The van der Waals surface area contributed by atoms with Gasteiger partial charge in [0.2, 0.25) is 0 Å². The summed E-state index contributed by atoms with van der Waals surface area (Å²) in [6.45, 7) is 4.60. The lowest BCUT2D eigenvalue weighted by molar-refractivity contribution is -0.140. The zero-order valence-corrected chi connectivity index (χ0v) is 12.6. The van der Waals surface area contributed by atoms with Crippen LogP contribution in [0.15, 0.2) is 18.2 Å². The van der Waals surface area contributed by atoms with Crippen LogP contribution in [-0.2, 0) is 9.53 Å². The summed E-state index contributed by atoms with van der Waals surface area (Å²) in [5, 5.41) is 0. The molecule has 1 amide bonds. The Hall–Kier alpha value is -2.11. The van der Waals surface area contributed by atoms with E-state index in [0.717, 1.165) is 12.1 Å². The number of rotatable bonds is 6. The van der Waals surface area contributed by atoms with Gasteiger partial charge >= 0.3 is 5.97 Å². The molecule has 0 heterocycles. The van der Waals surface area contributed by atoms with Gasteiger partial charge in [0.05, 0.1) is 13.5 Å². The number of methoxy groups -OCH3 is 1. The zero-order valence-electron chi connectivity index (χ0n) is 12.6. The Bertz CT molecular complexity index is 497. The second-order valence-electron chi connectivity index (χ2n) is 5.24. The van der Waals surface area contributed by atoms with Gasteiger partial charge in [0.15, 0.2) is 0 Å². The van der Waals surface area contributed by atoms with Crippen molar-refractivity contribution in [3.05, 3.63) is 29.6 Å². The van der Waals surface area contributed by atoms with Gasteiger partial charge in [-0.3, -0.25) is 9.59 Å². The fourth-order valence-corrected chi connectivity index (χ4v) is 1.96. The molecule has 0 radical (unpaired) electrons. The lowest BCUT2D eigenvalue weighted by Crippen LogP contribution is -2.36. The Kier molecular flexibility index (Phi) is 6.14. The van der Waals surface area contributed by atoms with Gasteiger partial charge in [-0.05, 0) is 24.1 Å². The third kappa shape index (κ3) is 5.41. The number of amides is 1. The molecule has 116 valence electrons. The Balaban J connectivity index is 2.90. The smallest absolute Gasteiger partial charge is 0.307 e. The number of nitrogens with two attached hydrogens (primary N) is 1. The monoisotopic (exact) mass is 296 g/mol. The van der Waals surface area contributed by atoms with Crippen molar-refractivity contribution < 1.29 is 18.7 Å². The number of anilines is 1. The van der Waals surface area contributed by atoms with Crippen LogP contribution in [0.4, 0.5) is 10.1 Å². The van der Waals surface area contributed by atoms with Gasteiger partial charge in [-0.15, -0.1) is 0 Å². The van der Waals surface area contributed by atoms with Crippen LogP contribution in [0.3, 0.4) is 0 Å². The Labute approximate surface area is 123 Å². The molecule has 5 nitrogen and oxygen atoms in total. The molecule has 0 atom stereocenters. The lowest BCUT2D eigenvalue weighted by atomic mass is 10.1. The lowest BCUT2D eigenvalue weighted by Gasteiger charge is -2.24. The number of halogens is 1. The highest BCUT2D eigenvalue weighted by Crippen LogP contribution is 2.14. The first-order chi connectivity index (χ1) is 9.83. The fraction of sp³-hybridized carbons (Fsp3) is 0.467. The van der Waals surface area contributed by atoms with Crippen molar-refractivity contribution in [3.8, 4) is 0 Å². The fourth-order valence-electron chi connectivity index (χ4n) is 1.96. The van der Waals surface area contributed by atoms with Crippen LogP contribution in [-0.4, -0.2) is 37.0 Å². The first-order valence-corrected chi connectivity index (χ1v) is 6.75. The number of nitrogens with zero attached hydrogens (tertiary/aromatic N) is 1. The summed E-state index contributed by atoms with van der Waals surface area (Å²) in [5.41, 5.74) is 5.93. The van der Waals surface area contributed by atoms with E-state index in [9.17, 15) is 14.0 Å². The number of hydrogen-bond donors (Lipinski definition) is 1. The summed E-state index contributed by atoms with van der Waals surface area (Å²) in [6, 6.07) is 3.72. The average Bonchev–Trinajstić information content (AvgIpc) is 2.40. The number of ether oxygens (including phenoxy) is 1. The molecule has 0 fully saturated rings. The first kappa shape index (κ1) is 16.9. The molecule has 1 rings (SSSR count). The molecule has 0 unspecified atom stereocenters. The number of carbonyl (C=O) groups excluding carboxylic acids is 2. The standard InChI is InChI=1S/C15H21FN2O3/c1-10(2)9-18(5-4-14(19)21-3)15(20)11-6-12(16)8-13(17)7-11/h6-8,10H,4-5,9,17H2,1-3H3. The summed E-state index contributed by atoms with van der Waals surface area (Å²) >= 11 is 0. The molecule has 0 bridgehead atoms. The van der Waals surface area contributed by atoms with Crippen molar-refractivity contribution in [1.29, 1.82) is 0 Å². The van der Waals surface area contributed by atoms with Gasteiger partial charge in [0.25, 0.3) is 5.91 Å². The van der Waals surface area contributed by atoms with E-state index in [2.05, 4.69) is 4.74 Å². The number of nitrogen functional groups attached to an aromatic ring is 1. The number of esters is 1. The predicted octanol–water partition coefficient (Wildman–Crippen LogP) is 2.07. The maximum absolute atomic E-state index is 13.4. The van der Waals surface area contributed by atoms with Crippen LogP contribution in [0.5, 0.6) is 0 Å². The van der Waals surface area contributed by atoms with E-state index in [-0.39, 0.29) is 36.0 Å². The molecule has 2 N–H and O–H groups in total. The van der Waals surface area contributed by atoms with Crippen molar-refractivity contribution in [1.82, 2.24) is 4.90 Å². The normalized spacial score (nSPS) is 10.5. The van der Waals surface area contributed by atoms with E-state index < -0.39 is 11.8 Å². The minimum atomic E-state index is -0.559. The second-order valence-corrected chi connectivity index (χ2v) is 5.24. The van der Waals surface area contributed by atoms with E-state index >= 15 is 0 Å². The molecule has 0 spiro atoms. The number of benzene rings is 1. The summed E-state index contributed by atoms with van der Waals surface area (Å²) in [4.78, 5) is 25.2. The van der Waals surface area contributed by atoms with Gasteiger partial charge in [-0.1, -0.05) is 13.8 Å². The summed E-state index contributed by atoms with van der Waals surface area (Å²) in [6.07, 6.45) is 0.0970. The van der Waals surface area contributed by atoms with Gasteiger partial charge < -0.3 is 15.4 Å². The van der Waals surface area contributed by atoms with Crippen LogP contribution < -0.4 is 5.73 Å². The van der Waals surface area contributed by atoms with Crippen LogP contribution in [0, 0.1) is 11.7 Å². The van der Waals surface area contributed by atoms with Crippen molar-refractivity contribution >= 4 is 17.6 Å². The molecule has 0 aliphatic heterocycles. The van der Waals surface area contributed by atoms with Gasteiger partial charge in [-0.25, -0.2) is 4.39 Å². The van der Waals surface area contributed by atoms with Crippen LogP contribution in [0.1, 0.15) is 30.6 Å². The molecule has 0 aliphatic carbocycles. The molecule has 0 aromatic heterocycles. The summed E-state index contributed by atoms with van der Waals surface area (Å²) in [5.74, 6) is -1.08. The SMILES string of the molecule is COC(=O)CCN(CC(C)C)C(=O)c1cc(N)cc(F)c1. The topological polar surface area (TPSA) is 72.6 Å². The van der Waals surface area contributed by atoms with E-state index in [4.69, 9.17) is 5.73 Å². The Morgan fingerprint density at radius 3 is 2.52 bits per heavy atom. The van der Waals surface area contributed by atoms with Crippen molar-refractivity contribution in [2.24, 2.45) is 5.92 Å². The molecular formula is C15H21FN2O3. The number of hydrogen-bond acceptors (Lipinski definition) is 4. The molecule has 0 aliphatic rings. The quantitative estimate of drug-likeness (QED) is 0.644. The molecule has 1 aromatic rings. The van der Waals surface area contributed by atoms with Gasteiger partial charge in [0, 0.05) is 24.3 Å². The van der Waals surface area contributed by atoms with E-state index in [1.54, 1.807) is 0 Å².